The molecule has 78 valence electrons. The van der Waals surface area contributed by atoms with Crippen LogP contribution in [0.3, 0.4) is 0 Å². The van der Waals surface area contributed by atoms with Crippen LogP contribution < -0.4 is 4.74 Å². The van der Waals surface area contributed by atoms with Gasteiger partial charge in [-0.1, -0.05) is 15.9 Å². The molecule has 14 heavy (non-hydrogen) atoms. The molecular weight excluding hydrogens is 251 g/mol. The minimum Gasteiger partial charge on any atom is -0.496 e. The van der Waals surface area contributed by atoms with Gasteiger partial charge in [-0.15, -0.1) is 0 Å². The number of halogens is 2. The van der Waals surface area contributed by atoms with Gasteiger partial charge in [0.1, 0.15) is 11.6 Å². The summed E-state index contributed by atoms with van der Waals surface area (Å²) in [5.74, 6) is 0.177. The average Bonchev–Trinajstić information content (AvgIpc) is 2.20. The summed E-state index contributed by atoms with van der Waals surface area (Å²) in [5, 5.41) is 9.92. The zero-order valence-corrected chi connectivity index (χ0v) is 9.64. The summed E-state index contributed by atoms with van der Waals surface area (Å²) in [6.45, 7) is 1.65. The Bertz CT molecular complexity index is 328. The lowest BCUT2D eigenvalue weighted by Gasteiger charge is -2.13. The topological polar surface area (TPSA) is 29.5 Å². The lowest BCUT2D eigenvalue weighted by atomic mass is 10.1. The molecule has 0 fully saturated rings. The maximum absolute atomic E-state index is 13.2. The third-order valence-corrected chi connectivity index (χ3v) is 2.63. The molecule has 0 aromatic heterocycles. The molecule has 2 nitrogen and oxygen atoms in total. The number of hydrogen-bond donors (Lipinski definition) is 1. The van der Waals surface area contributed by atoms with Crippen LogP contribution in [0.1, 0.15) is 17.2 Å². The summed E-state index contributed by atoms with van der Waals surface area (Å²) in [7, 11) is 1.50. The van der Waals surface area contributed by atoms with Gasteiger partial charge in [0.2, 0.25) is 0 Å². The highest BCUT2D eigenvalue weighted by atomic mass is 79.9. The predicted molar refractivity (Wildman–Crippen MR) is 56.4 cm³/mol. The Morgan fingerprint density at radius 2 is 2.21 bits per heavy atom. The molecule has 0 saturated carbocycles. The van der Waals surface area contributed by atoms with Crippen LogP contribution in [-0.2, 0) is 0 Å². The number of hydrogen-bond acceptors (Lipinski definition) is 2. The van der Waals surface area contributed by atoms with E-state index < -0.39 is 6.10 Å². The first-order valence-electron chi connectivity index (χ1n) is 4.18. The Balaban J connectivity index is 3.19. The van der Waals surface area contributed by atoms with Crippen molar-refractivity contribution in [2.45, 2.75) is 13.0 Å². The smallest absolute Gasteiger partial charge is 0.126 e. The van der Waals surface area contributed by atoms with E-state index in [0.29, 0.717) is 22.2 Å². The van der Waals surface area contributed by atoms with E-state index in [2.05, 4.69) is 15.9 Å². The maximum Gasteiger partial charge on any atom is 0.126 e. The van der Waals surface area contributed by atoms with Crippen molar-refractivity contribution < 1.29 is 14.2 Å². The van der Waals surface area contributed by atoms with E-state index >= 15 is 0 Å². The van der Waals surface area contributed by atoms with Crippen molar-refractivity contribution in [1.29, 1.82) is 0 Å². The molecule has 0 aliphatic carbocycles. The second-order valence-corrected chi connectivity index (χ2v) is 3.66. The third kappa shape index (κ3) is 2.25. The van der Waals surface area contributed by atoms with Crippen molar-refractivity contribution in [3.05, 3.63) is 29.1 Å². The summed E-state index contributed by atoms with van der Waals surface area (Å²) in [6, 6.07) is 2.89. The van der Waals surface area contributed by atoms with Gasteiger partial charge in [0.05, 0.1) is 13.2 Å². The first kappa shape index (κ1) is 11.5. The molecule has 4 heteroatoms. The fraction of sp³-hybridized carbons (Fsp3) is 0.400. The number of aliphatic hydroxyl groups excluding tert-OH is 1. The zero-order chi connectivity index (χ0) is 10.7. The molecule has 1 aromatic rings. The van der Waals surface area contributed by atoms with Crippen LogP contribution in [0.2, 0.25) is 0 Å². The number of aliphatic hydroxyl groups is 1. The van der Waals surface area contributed by atoms with Gasteiger partial charge in [-0.25, -0.2) is 4.39 Å². The normalized spacial score (nSPS) is 12.6. The molecule has 0 heterocycles. The first-order chi connectivity index (χ1) is 6.60. The SMILES string of the molecule is COc1cc(C)c(F)cc1C(O)CBr. The largest absolute Gasteiger partial charge is 0.496 e. The zero-order valence-electron chi connectivity index (χ0n) is 8.05. The van der Waals surface area contributed by atoms with E-state index in [1.807, 2.05) is 0 Å². The fourth-order valence-electron chi connectivity index (χ4n) is 1.19. The third-order valence-electron chi connectivity index (χ3n) is 2.02. The van der Waals surface area contributed by atoms with Crippen LogP contribution >= 0.6 is 15.9 Å². The second kappa shape index (κ2) is 4.75. The minimum absolute atomic E-state index is 0.333. The molecule has 1 N–H and O–H groups in total. The summed E-state index contributed by atoms with van der Waals surface area (Å²) in [6.07, 6.45) is -0.750. The van der Waals surface area contributed by atoms with Crippen LogP contribution in [0.25, 0.3) is 0 Å². The molecular formula is C10H12BrFO2. The van der Waals surface area contributed by atoms with Crippen LogP contribution in [0.4, 0.5) is 4.39 Å². The van der Waals surface area contributed by atoms with Crippen LogP contribution in [-0.4, -0.2) is 17.5 Å². The Hall–Kier alpha value is -0.610. The summed E-state index contributed by atoms with van der Waals surface area (Å²) >= 11 is 3.13. The molecule has 0 radical (unpaired) electrons. The van der Waals surface area contributed by atoms with Gasteiger partial charge in [-0.3, -0.25) is 0 Å². The van der Waals surface area contributed by atoms with Gasteiger partial charge in [-0.2, -0.15) is 0 Å². The summed E-state index contributed by atoms with van der Waals surface area (Å²) in [5.41, 5.74) is 0.972. The van der Waals surface area contributed by atoms with E-state index in [1.54, 1.807) is 13.0 Å². The maximum atomic E-state index is 13.2. The fourth-order valence-corrected chi connectivity index (χ4v) is 1.54. The van der Waals surface area contributed by atoms with Crippen molar-refractivity contribution in [3.8, 4) is 5.75 Å². The number of rotatable bonds is 3. The number of ether oxygens (including phenoxy) is 1. The van der Waals surface area contributed by atoms with E-state index in [4.69, 9.17) is 4.74 Å². The molecule has 0 spiro atoms. The van der Waals surface area contributed by atoms with Crippen molar-refractivity contribution in [2.75, 3.05) is 12.4 Å². The van der Waals surface area contributed by atoms with Gasteiger partial charge in [0, 0.05) is 10.9 Å². The molecule has 0 aliphatic heterocycles. The molecule has 1 aromatic carbocycles. The molecule has 1 atom stereocenters. The molecule has 1 unspecified atom stereocenters. The Labute approximate surface area is 90.8 Å². The van der Waals surface area contributed by atoms with Crippen LogP contribution in [0, 0.1) is 12.7 Å². The number of aryl methyl sites for hydroxylation is 1. The summed E-state index contributed by atoms with van der Waals surface area (Å²) < 4.78 is 18.3. The summed E-state index contributed by atoms with van der Waals surface area (Å²) in [4.78, 5) is 0. The van der Waals surface area contributed by atoms with Crippen LogP contribution in [0.15, 0.2) is 12.1 Å². The number of benzene rings is 1. The number of methoxy groups -OCH3 is 1. The first-order valence-corrected chi connectivity index (χ1v) is 5.30. The van der Waals surface area contributed by atoms with Gasteiger partial charge in [-0.05, 0) is 24.6 Å². The van der Waals surface area contributed by atoms with Crippen molar-refractivity contribution in [1.82, 2.24) is 0 Å². The highest BCUT2D eigenvalue weighted by Gasteiger charge is 2.14. The predicted octanol–water partition coefficient (Wildman–Crippen LogP) is 2.57. The average molecular weight is 263 g/mol. The molecule has 0 amide bonds. The molecule has 0 bridgehead atoms. The lowest BCUT2D eigenvalue weighted by Crippen LogP contribution is -2.03. The van der Waals surface area contributed by atoms with Gasteiger partial charge in [0.25, 0.3) is 0 Å². The van der Waals surface area contributed by atoms with E-state index in [0.717, 1.165) is 0 Å². The van der Waals surface area contributed by atoms with E-state index in [1.165, 1.54) is 13.2 Å². The van der Waals surface area contributed by atoms with Crippen molar-refractivity contribution in [3.63, 3.8) is 0 Å². The van der Waals surface area contributed by atoms with E-state index in [-0.39, 0.29) is 5.82 Å². The number of alkyl halides is 1. The Kier molecular flexibility index (Phi) is 3.89. The second-order valence-electron chi connectivity index (χ2n) is 3.01. The van der Waals surface area contributed by atoms with E-state index in [9.17, 15) is 9.50 Å². The molecule has 0 aliphatic rings. The quantitative estimate of drug-likeness (QED) is 0.849. The molecule has 0 saturated heterocycles. The standard InChI is InChI=1S/C10H12BrFO2/c1-6-3-10(14-2)7(4-8(6)12)9(13)5-11/h3-4,9,13H,5H2,1-2H3. The van der Waals surface area contributed by atoms with Gasteiger partial charge >= 0.3 is 0 Å². The van der Waals surface area contributed by atoms with Crippen LogP contribution in [0.5, 0.6) is 5.75 Å². The highest BCUT2D eigenvalue weighted by Crippen LogP contribution is 2.28. The van der Waals surface area contributed by atoms with Gasteiger partial charge in [0.15, 0.2) is 0 Å². The minimum atomic E-state index is -0.750. The Morgan fingerprint density at radius 3 is 2.71 bits per heavy atom. The monoisotopic (exact) mass is 262 g/mol. The highest BCUT2D eigenvalue weighted by molar-refractivity contribution is 9.09. The Morgan fingerprint density at radius 1 is 1.57 bits per heavy atom. The van der Waals surface area contributed by atoms with Gasteiger partial charge < -0.3 is 9.84 Å². The van der Waals surface area contributed by atoms with Crippen molar-refractivity contribution >= 4 is 15.9 Å². The van der Waals surface area contributed by atoms with Crippen molar-refractivity contribution in [2.24, 2.45) is 0 Å². The lowest BCUT2D eigenvalue weighted by molar-refractivity contribution is 0.199. The molecule has 1 rings (SSSR count).